The molecular weight excluding hydrogens is 474 g/mol. The van der Waals surface area contributed by atoms with Crippen molar-refractivity contribution in [3.8, 4) is 0 Å². The molecule has 0 spiro atoms. The van der Waals surface area contributed by atoms with Gasteiger partial charge in [-0.3, -0.25) is 9.69 Å². The van der Waals surface area contributed by atoms with E-state index in [1.165, 1.54) is 11.3 Å². The monoisotopic (exact) mass is 487 g/mol. The fraction of sp³-hybridized carbons (Fsp3) is 0.200. The molecule has 6 nitrogen and oxygen atoms in total. The second kappa shape index (κ2) is 7.19. The maximum absolute atomic E-state index is 12.5. The van der Waals surface area contributed by atoms with Crippen molar-refractivity contribution in [1.82, 2.24) is 19.7 Å². The van der Waals surface area contributed by atoms with Crippen LogP contribution >= 0.6 is 38.9 Å². The number of anilines is 1. The largest absolute Gasteiger partial charge is 0.321 e. The minimum absolute atomic E-state index is 0.147. The Morgan fingerprint density at radius 1 is 1.14 bits per heavy atom. The van der Waals surface area contributed by atoms with Gasteiger partial charge in [0.1, 0.15) is 16.2 Å². The molecule has 146 valence electrons. The summed E-state index contributed by atoms with van der Waals surface area (Å²) in [7, 11) is 0. The lowest BCUT2D eigenvalue weighted by atomic mass is 9.94. The van der Waals surface area contributed by atoms with Gasteiger partial charge in [-0.2, -0.15) is 0 Å². The summed E-state index contributed by atoms with van der Waals surface area (Å²) in [4.78, 5) is 18.7. The molecule has 0 aliphatic carbocycles. The van der Waals surface area contributed by atoms with Gasteiger partial charge in [0, 0.05) is 4.47 Å². The highest BCUT2D eigenvalue weighted by molar-refractivity contribution is 9.10. The third-order valence-corrected chi connectivity index (χ3v) is 6.90. The first kappa shape index (κ1) is 18.7. The van der Waals surface area contributed by atoms with Crippen LogP contribution in [-0.4, -0.2) is 31.0 Å². The van der Waals surface area contributed by atoms with Gasteiger partial charge in [0.15, 0.2) is 0 Å². The normalized spacial score (nSPS) is 19.0. The molecule has 0 saturated carbocycles. The molecule has 1 aliphatic heterocycles. The van der Waals surface area contributed by atoms with E-state index >= 15 is 0 Å². The summed E-state index contributed by atoms with van der Waals surface area (Å²) in [6, 6.07) is 15.6. The first-order valence-corrected chi connectivity index (χ1v) is 11.0. The molecule has 5 rings (SSSR count). The number of para-hydroxylation sites is 2. The summed E-state index contributed by atoms with van der Waals surface area (Å²) in [5, 5.41) is 9.38. The number of halogens is 2. The van der Waals surface area contributed by atoms with E-state index in [2.05, 4.69) is 35.7 Å². The van der Waals surface area contributed by atoms with Gasteiger partial charge in [0.05, 0.1) is 23.6 Å². The van der Waals surface area contributed by atoms with Gasteiger partial charge < -0.3 is 4.57 Å². The third kappa shape index (κ3) is 3.15. The molecule has 0 bridgehead atoms. The van der Waals surface area contributed by atoms with Gasteiger partial charge in [0.25, 0.3) is 0 Å². The number of hydrogen-bond acceptors (Lipinski definition) is 5. The van der Waals surface area contributed by atoms with Gasteiger partial charge in [-0.05, 0) is 36.8 Å². The number of β-lactam (4-membered cyclic amide) rings is 1. The lowest BCUT2D eigenvalue weighted by molar-refractivity contribution is -0.123. The number of rotatable bonds is 4. The number of aromatic nitrogens is 4. The average Bonchev–Trinajstić information content (AvgIpc) is 3.31. The number of nitrogens with zero attached hydrogens (tertiary/aromatic N) is 5. The second-order valence-electron chi connectivity index (χ2n) is 6.82. The predicted octanol–water partition coefficient (Wildman–Crippen LogP) is 4.70. The van der Waals surface area contributed by atoms with Crippen molar-refractivity contribution in [2.75, 3.05) is 4.90 Å². The Morgan fingerprint density at radius 3 is 2.69 bits per heavy atom. The standard InChI is InChI=1S/C20H15BrClN5OS/c1-11-23-14-4-2-3-5-15(14)26(11)10-16-24-25-20(29-16)27-18(17(22)19(27)28)12-6-8-13(21)9-7-12/h2-9,17-18H,10H2,1H3. The van der Waals surface area contributed by atoms with Crippen molar-refractivity contribution in [3.63, 3.8) is 0 Å². The smallest absolute Gasteiger partial charge is 0.250 e. The van der Waals surface area contributed by atoms with Gasteiger partial charge in [-0.1, -0.05) is 51.5 Å². The van der Waals surface area contributed by atoms with Crippen molar-refractivity contribution in [1.29, 1.82) is 0 Å². The van der Waals surface area contributed by atoms with Crippen LogP contribution in [0.5, 0.6) is 0 Å². The minimum atomic E-state index is -0.594. The zero-order chi connectivity index (χ0) is 20.1. The van der Waals surface area contributed by atoms with Crippen molar-refractivity contribution >= 4 is 60.9 Å². The SMILES string of the molecule is Cc1nc2ccccc2n1Cc1nnc(N2C(=O)C(Cl)C2c2ccc(Br)cc2)s1. The van der Waals surface area contributed by atoms with Crippen LogP contribution in [0.15, 0.2) is 53.0 Å². The zero-order valence-corrected chi connectivity index (χ0v) is 18.4. The Kier molecular flexibility index (Phi) is 4.64. The Bertz CT molecular complexity index is 1220. The summed E-state index contributed by atoms with van der Waals surface area (Å²) in [6.07, 6.45) is 0. The third-order valence-electron chi connectivity index (χ3n) is 5.04. The Labute approximate surface area is 184 Å². The fourth-order valence-electron chi connectivity index (χ4n) is 3.58. The van der Waals surface area contributed by atoms with Gasteiger partial charge in [-0.25, -0.2) is 4.98 Å². The van der Waals surface area contributed by atoms with Crippen LogP contribution in [0.25, 0.3) is 11.0 Å². The van der Waals surface area contributed by atoms with Crippen LogP contribution in [-0.2, 0) is 11.3 Å². The Hall–Kier alpha value is -2.29. The van der Waals surface area contributed by atoms with Crippen molar-refractivity contribution in [2.45, 2.75) is 24.9 Å². The average molecular weight is 489 g/mol. The van der Waals surface area contributed by atoms with Gasteiger partial charge in [0.2, 0.25) is 11.0 Å². The highest BCUT2D eigenvalue weighted by Crippen LogP contribution is 2.43. The van der Waals surface area contributed by atoms with E-state index in [-0.39, 0.29) is 11.9 Å². The van der Waals surface area contributed by atoms with Crippen molar-refractivity contribution in [3.05, 3.63) is 69.4 Å². The molecule has 2 atom stereocenters. The quantitative estimate of drug-likeness (QED) is 0.308. The molecule has 29 heavy (non-hydrogen) atoms. The molecule has 0 N–H and O–H groups in total. The fourth-order valence-corrected chi connectivity index (χ4v) is 5.08. The van der Waals surface area contributed by atoms with Crippen LogP contribution in [0.4, 0.5) is 5.13 Å². The number of fused-ring (bicyclic) bond motifs is 1. The van der Waals surface area contributed by atoms with Gasteiger partial charge >= 0.3 is 0 Å². The highest BCUT2D eigenvalue weighted by Gasteiger charge is 2.49. The number of alkyl halides is 1. The first-order chi connectivity index (χ1) is 14.0. The summed E-state index contributed by atoms with van der Waals surface area (Å²) in [6.45, 7) is 2.53. The molecule has 4 aromatic rings. The molecule has 2 aromatic heterocycles. The Morgan fingerprint density at radius 2 is 1.90 bits per heavy atom. The van der Waals surface area contributed by atoms with Crippen molar-refractivity contribution < 1.29 is 4.79 Å². The van der Waals surface area contributed by atoms with E-state index in [4.69, 9.17) is 11.6 Å². The number of carbonyl (C=O) groups excluding carboxylic acids is 1. The first-order valence-electron chi connectivity index (χ1n) is 9.00. The van der Waals surface area contributed by atoms with Crippen LogP contribution in [0, 0.1) is 6.92 Å². The number of benzene rings is 2. The number of carbonyl (C=O) groups is 1. The van der Waals surface area contributed by atoms with Crippen LogP contribution in [0.2, 0.25) is 0 Å². The van der Waals surface area contributed by atoms with Crippen LogP contribution in [0.1, 0.15) is 22.4 Å². The molecular formula is C20H15BrClN5OS. The molecule has 2 aromatic carbocycles. The van der Waals surface area contributed by atoms with Crippen LogP contribution in [0.3, 0.4) is 0 Å². The topological polar surface area (TPSA) is 63.9 Å². The highest BCUT2D eigenvalue weighted by atomic mass is 79.9. The van der Waals surface area contributed by atoms with E-state index in [0.717, 1.165) is 31.9 Å². The lowest BCUT2D eigenvalue weighted by Crippen LogP contribution is -2.56. The molecule has 1 saturated heterocycles. The predicted molar refractivity (Wildman–Crippen MR) is 117 cm³/mol. The maximum atomic E-state index is 12.5. The van der Waals surface area contributed by atoms with E-state index in [1.807, 2.05) is 55.5 Å². The molecule has 1 fully saturated rings. The van der Waals surface area contributed by atoms with E-state index in [9.17, 15) is 4.79 Å². The maximum Gasteiger partial charge on any atom is 0.250 e. The molecule has 3 heterocycles. The second-order valence-corrected chi connectivity index (χ2v) is 9.25. The zero-order valence-electron chi connectivity index (χ0n) is 15.3. The molecule has 2 unspecified atom stereocenters. The molecule has 1 aliphatic rings. The number of hydrogen-bond donors (Lipinski definition) is 0. The molecule has 0 radical (unpaired) electrons. The number of aryl methyl sites for hydroxylation is 1. The molecule has 1 amide bonds. The summed E-state index contributed by atoms with van der Waals surface area (Å²) in [5.74, 6) is 0.767. The minimum Gasteiger partial charge on any atom is -0.321 e. The van der Waals surface area contributed by atoms with Crippen molar-refractivity contribution in [2.24, 2.45) is 0 Å². The summed E-state index contributed by atoms with van der Waals surface area (Å²) >= 11 is 11.2. The summed E-state index contributed by atoms with van der Waals surface area (Å²) < 4.78 is 3.08. The van der Waals surface area contributed by atoms with E-state index in [1.54, 1.807) is 4.90 Å². The van der Waals surface area contributed by atoms with Crippen LogP contribution < -0.4 is 4.90 Å². The van der Waals surface area contributed by atoms with E-state index < -0.39 is 5.38 Å². The number of imidazole rings is 1. The lowest BCUT2D eigenvalue weighted by Gasteiger charge is -2.42. The Balaban J connectivity index is 1.44. The van der Waals surface area contributed by atoms with E-state index in [0.29, 0.717) is 11.7 Å². The molecule has 9 heteroatoms. The van der Waals surface area contributed by atoms with Gasteiger partial charge in [-0.15, -0.1) is 21.8 Å². The summed E-state index contributed by atoms with van der Waals surface area (Å²) in [5.41, 5.74) is 2.98. The number of amides is 1.